The number of rotatable bonds is 1. The molecule has 1 aliphatic rings. The highest BCUT2D eigenvalue weighted by molar-refractivity contribution is 6.30. The smallest absolute Gasteiger partial charge is 0.251 e. The number of nitrogens with one attached hydrogen (secondary N) is 1. The summed E-state index contributed by atoms with van der Waals surface area (Å²) >= 11 is 5.82. The molecular weight excluding hydrogens is 220 g/mol. The van der Waals surface area contributed by atoms with Crippen LogP contribution in [0.25, 0.3) is 0 Å². The minimum Gasteiger partial charge on any atom is -0.310 e. The van der Waals surface area contributed by atoms with Gasteiger partial charge >= 0.3 is 0 Å². The number of benzene rings is 1. The van der Waals surface area contributed by atoms with Crippen molar-refractivity contribution in [2.45, 2.75) is 24.8 Å². The fraction of sp³-hybridized carbons (Fsp3) is 0.455. The Kier molecular flexibility index (Phi) is 2.94. The maximum absolute atomic E-state index is 13.2. The van der Waals surface area contributed by atoms with Crippen LogP contribution in [-0.4, -0.2) is 12.5 Å². The third-order valence-corrected chi connectivity index (χ3v) is 2.87. The third-order valence-electron chi connectivity index (χ3n) is 2.64. The molecule has 1 fully saturated rings. The van der Waals surface area contributed by atoms with Gasteiger partial charge in [-0.05, 0) is 17.7 Å². The van der Waals surface area contributed by atoms with Gasteiger partial charge in [-0.15, -0.1) is 0 Å². The van der Waals surface area contributed by atoms with Gasteiger partial charge in [0.2, 0.25) is 0 Å². The van der Waals surface area contributed by atoms with Crippen LogP contribution in [0.2, 0.25) is 5.02 Å². The van der Waals surface area contributed by atoms with Crippen LogP contribution in [0.4, 0.5) is 8.78 Å². The van der Waals surface area contributed by atoms with E-state index in [2.05, 4.69) is 5.32 Å². The van der Waals surface area contributed by atoms with E-state index in [9.17, 15) is 8.78 Å². The molecule has 2 rings (SSSR count). The zero-order valence-electron chi connectivity index (χ0n) is 8.14. The molecule has 0 aliphatic carbocycles. The lowest BCUT2D eigenvalue weighted by Crippen LogP contribution is -2.38. The second-order valence-corrected chi connectivity index (χ2v) is 4.31. The Hall–Kier alpha value is -0.670. The van der Waals surface area contributed by atoms with E-state index in [1.807, 2.05) is 6.07 Å². The van der Waals surface area contributed by atoms with Gasteiger partial charge < -0.3 is 5.32 Å². The zero-order chi connectivity index (χ0) is 10.9. The summed E-state index contributed by atoms with van der Waals surface area (Å²) in [6.45, 7) is 0.351. The topological polar surface area (TPSA) is 12.0 Å². The Balaban J connectivity index is 2.17. The summed E-state index contributed by atoms with van der Waals surface area (Å²) in [5, 5.41) is 3.67. The average molecular weight is 232 g/mol. The van der Waals surface area contributed by atoms with Crippen molar-refractivity contribution in [3.63, 3.8) is 0 Å². The van der Waals surface area contributed by atoms with Gasteiger partial charge in [0.15, 0.2) is 0 Å². The van der Waals surface area contributed by atoms with E-state index in [-0.39, 0.29) is 18.9 Å². The van der Waals surface area contributed by atoms with Gasteiger partial charge in [0.25, 0.3) is 5.92 Å². The minimum absolute atomic E-state index is 0.0793. The second kappa shape index (κ2) is 4.06. The van der Waals surface area contributed by atoms with Crippen molar-refractivity contribution in [1.82, 2.24) is 5.32 Å². The fourth-order valence-electron chi connectivity index (χ4n) is 1.86. The van der Waals surface area contributed by atoms with Crippen molar-refractivity contribution in [3.05, 3.63) is 34.9 Å². The normalized spacial score (nSPS) is 25.1. The molecule has 0 aromatic heterocycles. The first kappa shape index (κ1) is 10.8. The van der Waals surface area contributed by atoms with Gasteiger partial charge in [0.1, 0.15) is 0 Å². The van der Waals surface area contributed by atoms with Crippen molar-refractivity contribution in [3.8, 4) is 0 Å². The van der Waals surface area contributed by atoms with Crippen LogP contribution in [0, 0.1) is 0 Å². The van der Waals surface area contributed by atoms with E-state index in [1.165, 1.54) is 0 Å². The monoisotopic (exact) mass is 231 g/mol. The number of piperidine rings is 1. The largest absolute Gasteiger partial charge is 0.310 e. The first-order valence-corrected chi connectivity index (χ1v) is 5.31. The van der Waals surface area contributed by atoms with E-state index < -0.39 is 5.92 Å². The molecule has 0 amide bonds. The summed E-state index contributed by atoms with van der Waals surface area (Å²) in [6, 6.07) is 6.80. The van der Waals surface area contributed by atoms with Gasteiger partial charge in [-0.2, -0.15) is 0 Å². The molecule has 1 aromatic carbocycles. The Morgan fingerprint density at radius 1 is 1.40 bits per heavy atom. The molecule has 4 heteroatoms. The van der Waals surface area contributed by atoms with E-state index in [0.717, 1.165) is 5.56 Å². The summed E-state index contributed by atoms with van der Waals surface area (Å²) < 4.78 is 26.3. The molecule has 0 radical (unpaired) electrons. The highest BCUT2D eigenvalue weighted by Gasteiger charge is 2.36. The van der Waals surface area contributed by atoms with Crippen molar-refractivity contribution >= 4 is 11.6 Å². The molecule has 1 N–H and O–H groups in total. The molecule has 0 bridgehead atoms. The molecule has 15 heavy (non-hydrogen) atoms. The summed E-state index contributed by atoms with van der Waals surface area (Å²) in [5.74, 6) is -2.56. The summed E-state index contributed by atoms with van der Waals surface area (Å²) in [5.41, 5.74) is 0.835. The molecule has 0 spiro atoms. The standard InChI is InChI=1S/C11H12ClF2N/c12-9-3-1-2-8(6-9)10-7-11(13,14)4-5-15-10/h1-3,6,10,15H,4-5,7H2/t10-/m0/s1. The molecule has 0 saturated carbocycles. The van der Waals surface area contributed by atoms with Crippen LogP contribution in [0.15, 0.2) is 24.3 Å². The highest BCUT2D eigenvalue weighted by Crippen LogP contribution is 2.34. The molecule has 0 unspecified atom stereocenters. The first-order valence-electron chi connectivity index (χ1n) is 4.93. The summed E-state index contributed by atoms with van der Waals surface area (Å²) in [6.07, 6.45) is -0.225. The Morgan fingerprint density at radius 2 is 2.20 bits per heavy atom. The second-order valence-electron chi connectivity index (χ2n) is 3.87. The Labute approximate surface area is 92.4 Å². The van der Waals surface area contributed by atoms with E-state index in [4.69, 9.17) is 11.6 Å². The van der Waals surface area contributed by atoms with Crippen molar-refractivity contribution < 1.29 is 8.78 Å². The van der Waals surface area contributed by atoms with E-state index >= 15 is 0 Å². The van der Waals surface area contributed by atoms with Crippen molar-refractivity contribution in [2.75, 3.05) is 6.54 Å². The quantitative estimate of drug-likeness (QED) is 0.781. The third kappa shape index (κ3) is 2.67. The van der Waals surface area contributed by atoms with Crippen LogP contribution in [-0.2, 0) is 0 Å². The lowest BCUT2D eigenvalue weighted by atomic mass is 9.95. The van der Waals surface area contributed by atoms with Crippen LogP contribution >= 0.6 is 11.6 Å². The predicted octanol–water partition coefficient (Wildman–Crippen LogP) is 3.40. The summed E-state index contributed by atoms with van der Waals surface area (Å²) in [4.78, 5) is 0. The molecule has 82 valence electrons. The number of halogens is 3. The minimum atomic E-state index is -2.56. The zero-order valence-corrected chi connectivity index (χ0v) is 8.90. The molecule has 1 atom stereocenters. The predicted molar refractivity (Wildman–Crippen MR) is 56.4 cm³/mol. The van der Waals surface area contributed by atoms with Gasteiger partial charge in [0.05, 0.1) is 0 Å². The number of hydrogen-bond donors (Lipinski definition) is 1. The first-order chi connectivity index (χ1) is 7.07. The fourth-order valence-corrected chi connectivity index (χ4v) is 2.06. The molecule has 1 saturated heterocycles. The molecule has 1 heterocycles. The SMILES string of the molecule is FC1(F)CCN[C@H](c2cccc(Cl)c2)C1. The number of hydrogen-bond acceptors (Lipinski definition) is 1. The Morgan fingerprint density at radius 3 is 2.87 bits per heavy atom. The van der Waals surface area contributed by atoms with Crippen LogP contribution < -0.4 is 5.32 Å². The average Bonchev–Trinajstić information content (AvgIpc) is 2.16. The molecule has 1 nitrogen and oxygen atoms in total. The van der Waals surface area contributed by atoms with E-state index in [1.54, 1.807) is 18.2 Å². The van der Waals surface area contributed by atoms with Crippen molar-refractivity contribution in [1.29, 1.82) is 0 Å². The molecule has 1 aliphatic heterocycles. The van der Waals surface area contributed by atoms with Gasteiger partial charge in [0, 0.05) is 30.5 Å². The van der Waals surface area contributed by atoms with Crippen molar-refractivity contribution in [2.24, 2.45) is 0 Å². The molecule has 1 aromatic rings. The van der Waals surface area contributed by atoms with Crippen LogP contribution in [0.5, 0.6) is 0 Å². The van der Waals surface area contributed by atoms with Crippen LogP contribution in [0.1, 0.15) is 24.4 Å². The lowest BCUT2D eigenvalue weighted by molar-refractivity contribution is -0.0415. The highest BCUT2D eigenvalue weighted by atomic mass is 35.5. The van der Waals surface area contributed by atoms with Crippen LogP contribution in [0.3, 0.4) is 0 Å². The maximum atomic E-state index is 13.2. The maximum Gasteiger partial charge on any atom is 0.251 e. The molecular formula is C11H12ClF2N. The number of alkyl halides is 2. The van der Waals surface area contributed by atoms with Gasteiger partial charge in [-0.25, -0.2) is 8.78 Å². The lowest BCUT2D eigenvalue weighted by Gasteiger charge is -2.30. The Bertz CT molecular complexity index is 354. The summed E-state index contributed by atoms with van der Waals surface area (Å²) in [7, 11) is 0. The van der Waals surface area contributed by atoms with Gasteiger partial charge in [-0.3, -0.25) is 0 Å². The van der Waals surface area contributed by atoms with Gasteiger partial charge in [-0.1, -0.05) is 23.7 Å². The van der Waals surface area contributed by atoms with E-state index in [0.29, 0.717) is 11.6 Å².